The van der Waals surface area contributed by atoms with Gasteiger partial charge in [0, 0.05) is 0 Å². The molecule has 6 atom stereocenters. The first kappa shape index (κ1) is 16.8. The van der Waals surface area contributed by atoms with Gasteiger partial charge in [-0.1, -0.05) is 33.8 Å². The summed E-state index contributed by atoms with van der Waals surface area (Å²) in [6.07, 6.45) is 5.64. The monoisotopic (exact) mass is 316 g/mol. The highest BCUT2D eigenvalue weighted by atomic mass is 16.3. The Bertz CT molecular complexity index is 567. The third-order valence-corrected chi connectivity index (χ3v) is 7.01. The van der Waals surface area contributed by atoms with Crippen LogP contribution >= 0.6 is 0 Å². The van der Waals surface area contributed by atoms with Crippen molar-refractivity contribution in [3.8, 4) is 5.75 Å². The molecule has 2 saturated carbocycles. The van der Waals surface area contributed by atoms with Crippen molar-refractivity contribution in [2.75, 3.05) is 0 Å². The maximum atomic E-state index is 10.4. The van der Waals surface area contributed by atoms with Gasteiger partial charge < -0.3 is 10.2 Å². The summed E-state index contributed by atoms with van der Waals surface area (Å²) in [5.41, 5.74) is 2.98. The van der Waals surface area contributed by atoms with Gasteiger partial charge in [-0.15, -0.1) is 0 Å². The minimum absolute atomic E-state index is 0.0972. The molecule has 1 aromatic carbocycles. The molecule has 4 unspecified atom stereocenters. The number of aromatic hydroxyl groups is 1. The normalized spacial score (nSPS) is 41.2. The van der Waals surface area contributed by atoms with Gasteiger partial charge in [0.05, 0.1) is 6.10 Å². The minimum Gasteiger partial charge on any atom is -0.508 e. The number of aliphatic hydroxyl groups excluding tert-OH is 1. The number of aliphatic hydroxyl groups is 1. The lowest BCUT2D eigenvalue weighted by atomic mass is 9.54. The minimum atomic E-state index is -0.0972. The van der Waals surface area contributed by atoms with E-state index in [-0.39, 0.29) is 11.5 Å². The summed E-state index contributed by atoms with van der Waals surface area (Å²) in [4.78, 5) is 0. The zero-order chi connectivity index (χ0) is 16.8. The van der Waals surface area contributed by atoms with E-state index in [1.54, 1.807) is 0 Å². The molecule has 2 heteroatoms. The number of hydrogen-bond acceptors (Lipinski definition) is 2. The highest BCUT2D eigenvalue weighted by Gasteiger charge is 2.54. The zero-order valence-electron chi connectivity index (χ0n) is 15.0. The van der Waals surface area contributed by atoms with Gasteiger partial charge in [-0.25, -0.2) is 0 Å². The molecule has 1 aromatic rings. The van der Waals surface area contributed by atoms with Gasteiger partial charge in [-0.2, -0.15) is 0 Å². The van der Waals surface area contributed by atoms with Crippen LogP contribution in [0.4, 0.5) is 0 Å². The van der Waals surface area contributed by atoms with E-state index in [1.807, 2.05) is 26.0 Å². The molecule has 0 aliphatic heterocycles. The second-order valence-electron chi connectivity index (χ2n) is 7.96. The van der Waals surface area contributed by atoms with Gasteiger partial charge in [0.2, 0.25) is 0 Å². The Labute approximate surface area is 140 Å². The van der Waals surface area contributed by atoms with Crippen molar-refractivity contribution in [1.29, 1.82) is 0 Å². The van der Waals surface area contributed by atoms with Crippen molar-refractivity contribution >= 4 is 0 Å². The Morgan fingerprint density at radius 2 is 1.83 bits per heavy atom. The van der Waals surface area contributed by atoms with Crippen LogP contribution in [0, 0.1) is 17.3 Å². The molecule has 0 aromatic heterocycles. The van der Waals surface area contributed by atoms with Crippen molar-refractivity contribution in [1.82, 2.24) is 0 Å². The third kappa shape index (κ3) is 2.50. The SMILES string of the molecule is CC.C[C@@H]1CC2C(CC[C@]3(C)C(O)CCC23)c2ccc(O)cc21. The number of fused-ring (bicyclic) bond motifs is 5. The number of phenolic OH excluding ortho intramolecular Hbond substituents is 1. The first-order valence-corrected chi connectivity index (χ1v) is 9.51. The molecule has 0 heterocycles. The molecule has 3 aliphatic rings. The van der Waals surface area contributed by atoms with Crippen LogP contribution in [0.3, 0.4) is 0 Å². The van der Waals surface area contributed by atoms with E-state index in [0.717, 1.165) is 12.8 Å². The molecular weight excluding hydrogens is 284 g/mol. The van der Waals surface area contributed by atoms with Crippen LogP contribution in [0.2, 0.25) is 0 Å². The summed E-state index contributed by atoms with van der Waals surface area (Å²) < 4.78 is 0. The molecule has 0 spiro atoms. The molecule has 0 radical (unpaired) electrons. The van der Waals surface area contributed by atoms with Crippen LogP contribution in [0.5, 0.6) is 5.75 Å². The van der Waals surface area contributed by atoms with E-state index in [9.17, 15) is 10.2 Å². The van der Waals surface area contributed by atoms with Gasteiger partial charge >= 0.3 is 0 Å². The summed E-state index contributed by atoms with van der Waals surface area (Å²) in [5, 5.41) is 20.2. The maximum absolute atomic E-state index is 10.4. The van der Waals surface area contributed by atoms with E-state index in [0.29, 0.717) is 29.4 Å². The van der Waals surface area contributed by atoms with Crippen molar-refractivity contribution in [2.24, 2.45) is 17.3 Å². The van der Waals surface area contributed by atoms with Crippen LogP contribution in [0.15, 0.2) is 18.2 Å². The van der Waals surface area contributed by atoms with Crippen LogP contribution in [-0.4, -0.2) is 16.3 Å². The van der Waals surface area contributed by atoms with Crippen LogP contribution in [-0.2, 0) is 0 Å². The van der Waals surface area contributed by atoms with Crippen LogP contribution < -0.4 is 0 Å². The van der Waals surface area contributed by atoms with Gasteiger partial charge in [0.25, 0.3) is 0 Å². The molecule has 3 aliphatic carbocycles. The fourth-order valence-electron chi connectivity index (χ4n) is 5.84. The van der Waals surface area contributed by atoms with Gasteiger partial charge in [-0.3, -0.25) is 0 Å². The number of benzene rings is 1. The number of hydrogen-bond donors (Lipinski definition) is 2. The first-order chi connectivity index (χ1) is 11.0. The molecule has 2 nitrogen and oxygen atoms in total. The average Bonchev–Trinajstić information content (AvgIpc) is 2.86. The standard InChI is InChI=1S/C19H26O2.C2H6/c1-11-9-16-14(13-4-3-12(20)10-15(11)13)7-8-19(2)17(16)5-6-18(19)21;1-2/h3-4,10-11,14,16-18,20-21H,5-9H2,1-2H3;1-2H3/t11-,14?,16?,17?,18?,19+;/m1./s1. The predicted molar refractivity (Wildman–Crippen MR) is 94.8 cm³/mol. The summed E-state index contributed by atoms with van der Waals surface area (Å²) in [6, 6.07) is 5.99. The van der Waals surface area contributed by atoms with E-state index < -0.39 is 0 Å². The largest absolute Gasteiger partial charge is 0.508 e. The van der Waals surface area contributed by atoms with Crippen molar-refractivity contribution < 1.29 is 10.2 Å². The first-order valence-electron chi connectivity index (χ1n) is 9.51. The summed E-state index contributed by atoms with van der Waals surface area (Å²) >= 11 is 0. The molecule has 0 amide bonds. The highest BCUT2D eigenvalue weighted by Crippen LogP contribution is 2.62. The maximum Gasteiger partial charge on any atom is 0.115 e. The average molecular weight is 316 g/mol. The molecule has 4 rings (SSSR count). The van der Waals surface area contributed by atoms with E-state index in [4.69, 9.17) is 0 Å². The van der Waals surface area contributed by atoms with E-state index in [2.05, 4.69) is 19.9 Å². The number of phenols is 1. The smallest absolute Gasteiger partial charge is 0.115 e. The van der Waals surface area contributed by atoms with Crippen molar-refractivity contribution in [2.45, 2.75) is 77.7 Å². The molecule has 128 valence electrons. The Balaban J connectivity index is 0.000000753. The lowest BCUT2D eigenvalue weighted by molar-refractivity contribution is -0.0245. The quantitative estimate of drug-likeness (QED) is 0.691. The van der Waals surface area contributed by atoms with Gasteiger partial charge in [0.15, 0.2) is 0 Å². The fourth-order valence-corrected chi connectivity index (χ4v) is 5.84. The molecule has 2 fully saturated rings. The Kier molecular flexibility index (Phi) is 4.48. The van der Waals surface area contributed by atoms with Gasteiger partial charge in [-0.05, 0) is 84.5 Å². The third-order valence-electron chi connectivity index (χ3n) is 7.01. The second-order valence-corrected chi connectivity index (χ2v) is 7.96. The predicted octanol–water partition coefficient (Wildman–Crippen LogP) is 5.20. The molecule has 0 saturated heterocycles. The molecule has 0 bridgehead atoms. The Morgan fingerprint density at radius 3 is 2.57 bits per heavy atom. The topological polar surface area (TPSA) is 40.5 Å². The Hall–Kier alpha value is -1.02. The van der Waals surface area contributed by atoms with E-state index >= 15 is 0 Å². The molecular formula is C21H32O2. The lowest BCUT2D eigenvalue weighted by Crippen LogP contribution is -2.44. The second kappa shape index (κ2) is 6.12. The van der Waals surface area contributed by atoms with Crippen LogP contribution in [0.1, 0.15) is 82.8 Å². The number of rotatable bonds is 0. The summed E-state index contributed by atoms with van der Waals surface area (Å²) in [5.74, 6) is 2.95. The van der Waals surface area contributed by atoms with Crippen molar-refractivity contribution in [3.05, 3.63) is 29.3 Å². The highest BCUT2D eigenvalue weighted by molar-refractivity contribution is 5.42. The zero-order valence-corrected chi connectivity index (χ0v) is 15.0. The molecule has 2 N–H and O–H groups in total. The lowest BCUT2D eigenvalue weighted by Gasteiger charge is -2.51. The van der Waals surface area contributed by atoms with Gasteiger partial charge in [0.1, 0.15) is 5.75 Å². The molecule has 23 heavy (non-hydrogen) atoms. The Morgan fingerprint density at radius 1 is 1.09 bits per heavy atom. The summed E-state index contributed by atoms with van der Waals surface area (Å²) in [6.45, 7) is 8.62. The van der Waals surface area contributed by atoms with Crippen molar-refractivity contribution in [3.63, 3.8) is 0 Å². The summed E-state index contributed by atoms with van der Waals surface area (Å²) in [7, 11) is 0. The van der Waals surface area contributed by atoms with E-state index in [1.165, 1.54) is 30.4 Å². The van der Waals surface area contributed by atoms with Crippen LogP contribution in [0.25, 0.3) is 0 Å². The fraction of sp³-hybridized carbons (Fsp3) is 0.714.